The first kappa shape index (κ1) is 13.3. The molecule has 3 nitrogen and oxygen atoms in total. The molecule has 104 valence electrons. The van der Waals surface area contributed by atoms with Crippen molar-refractivity contribution in [1.29, 1.82) is 0 Å². The van der Waals surface area contributed by atoms with Gasteiger partial charge in [0.2, 0.25) is 5.91 Å². The van der Waals surface area contributed by atoms with Crippen LogP contribution in [-0.4, -0.2) is 5.91 Å². The lowest BCUT2D eigenvalue weighted by atomic mass is 10.1. The monoisotopic (exact) mass is 286 g/mol. The number of hydrogen-bond donors (Lipinski definition) is 2. The van der Waals surface area contributed by atoms with Crippen molar-refractivity contribution in [2.24, 2.45) is 11.7 Å². The summed E-state index contributed by atoms with van der Waals surface area (Å²) in [5.74, 6) is 0.386. The molecule has 20 heavy (non-hydrogen) atoms. The first-order valence-corrected chi connectivity index (χ1v) is 7.77. The highest BCUT2D eigenvalue weighted by Gasteiger charge is 2.32. The quantitative estimate of drug-likeness (QED) is 0.857. The molecular formula is C16H18N2OS. The number of nitrogens with one attached hydrogen (secondary N) is 1. The fourth-order valence-corrected chi connectivity index (χ4v) is 3.35. The molecule has 1 aromatic carbocycles. The number of benzene rings is 1. The van der Waals surface area contributed by atoms with Gasteiger partial charge < -0.3 is 11.1 Å². The molecule has 1 aliphatic carbocycles. The lowest BCUT2D eigenvalue weighted by molar-refractivity contribution is 0.1000. The molecule has 0 aliphatic heterocycles. The molecule has 1 amide bonds. The Balaban J connectivity index is 1.68. The highest BCUT2D eigenvalue weighted by Crippen LogP contribution is 2.42. The number of hydrogen-bond acceptors (Lipinski definition) is 3. The molecule has 1 unspecified atom stereocenters. The zero-order valence-electron chi connectivity index (χ0n) is 11.2. The molecule has 3 rings (SSSR count). The van der Waals surface area contributed by atoms with Crippen molar-refractivity contribution >= 4 is 17.2 Å². The van der Waals surface area contributed by atoms with E-state index in [-0.39, 0.29) is 5.91 Å². The second-order valence-corrected chi connectivity index (χ2v) is 6.26. The fourth-order valence-electron chi connectivity index (χ4n) is 2.46. The number of thiophene rings is 1. The molecule has 0 spiro atoms. The summed E-state index contributed by atoms with van der Waals surface area (Å²) in [6, 6.07) is 12.3. The summed E-state index contributed by atoms with van der Waals surface area (Å²) in [4.78, 5) is 12.6. The van der Waals surface area contributed by atoms with Crippen LogP contribution in [0, 0.1) is 5.92 Å². The molecular weight excluding hydrogens is 268 g/mol. The number of nitrogens with two attached hydrogens (primary N) is 1. The van der Waals surface area contributed by atoms with Gasteiger partial charge in [0.05, 0.1) is 0 Å². The second-order valence-electron chi connectivity index (χ2n) is 5.28. The maximum absolute atomic E-state index is 11.2. The van der Waals surface area contributed by atoms with Crippen LogP contribution < -0.4 is 11.1 Å². The van der Waals surface area contributed by atoms with Gasteiger partial charge in [-0.3, -0.25) is 4.79 Å². The first-order chi connectivity index (χ1) is 9.74. The Morgan fingerprint density at radius 1 is 1.35 bits per heavy atom. The molecule has 1 saturated carbocycles. The number of amides is 1. The lowest BCUT2D eigenvalue weighted by Crippen LogP contribution is -2.22. The lowest BCUT2D eigenvalue weighted by Gasteiger charge is -2.17. The van der Waals surface area contributed by atoms with E-state index in [4.69, 9.17) is 5.73 Å². The molecule has 0 bridgehead atoms. The summed E-state index contributed by atoms with van der Waals surface area (Å²) in [5.41, 5.74) is 6.99. The van der Waals surface area contributed by atoms with Gasteiger partial charge in [0.1, 0.15) is 0 Å². The van der Waals surface area contributed by atoms with E-state index in [0.29, 0.717) is 11.6 Å². The van der Waals surface area contributed by atoms with Crippen molar-refractivity contribution in [3.63, 3.8) is 0 Å². The average molecular weight is 286 g/mol. The zero-order chi connectivity index (χ0) is 13.9. The van der Waals surface area contributed by atoms with Crippen LogP contribution >= 0.6 is 11.3 Å². The first-order valence-electron chi connectivity index (χ1n) is 6.89. The normalized spacial score (nSPS) is 16.0. The number of primary amides is 1. The molecule has 1 atom stereocenters. The smallest absolute Gasteiger partial charge is 0.248 e. The summed E-state index contributed by atoms with van der Waals surface area (Å²) >= 11 is 1.81. The van der Waals surface area contributed by atoms with E-state index in [0.717, 1.165) is 18.0 Å². The van der Waals surface area contributed by atoms with Crippen LogP contribution in [-0.2, 0) is 6.54 Å². The summed E-state index contributed by atoms with van der Waals surface area (Å²) in [6.07, 6.45) is 2.60. The van der Waals surface area contributed by atoms with E-state index >= 15 is 0 Å². The predicted octanol–water partition coefficient (Wildman–Crippen LogP) is 3.09. The molecule has 1 aliphatic rings. The number of rotatable bonds is 6. The van der Waals surface area contributed by atoms with Crippen molar-refractivity contribution in [1.82, 2.24) is 5.32 Å². The standard InChI is InChI=1S/C16H18N2OS/c17-16(19)13-4-1-3-11(9-13)10-18-15(12-6-7-12)14-5-2-8-20-14/h1-5,8-9,12,15,18H,6-7,10H2,(H2,17,19). The van der Waals surface area contributed by atoms with Crippen molar-refractivity contribution < 1.29 is 4.79 Å². The maximum Gasteiger partial charge on any atom is 0.248 e. The Morgan fingerprint density at radius 3 is 2.85 bits per heavy atom. The SMILES string of the molecule is NC(=O)c1cccc(CNC(c2cccs2)C2CC2)c1. The molecule has 2 aromatic rings. The van der Waals surface area contributed by atoms with Crippen molar-refractivity contribution in [2.45, 2.75) is 25.4 Å². The summed E-state index contributed by atoms with van der Waals surface area (Å²) in [6.45, 7) is 0.764. The van der Waals surface area contributed by atoms with Crippen LogP contribution in [0.25, 0.3) is 0 Å². The Hall–Kier alpha value is -1.65. The van der Waals surface area contributed by atoms with Crippen LogP contribution in [0.15, 0.2) is 41.8 Å². The van der Waals surface area contributed by atoms with E-state index in [1.54, 1.807) is 17.4 Å². The Morgan fingerprint density at radius 2 is 2.20 bits per heavy atom. The van der Waals surface area contributed by atoms with Gasteiger partial charge in [0, 0.05) is 23.0 Å². The Bertz CT molecular complexity index is 590. The van der Waals surface area contributed by atoms with Gasteiger partial charge >= 0.3 is 0 Å². The van der Waals surface area contributed by atoms with E-state index < -0.39 is 0 Å². The fraction of sp³-hybridized carbons (Fsp3) is 0.312. The topological polar surface area (TPSA) is 55.1 Å². The number of carbonyl (C=O) groups is 1. The van der Waals surface area contributed by atoms with Gasteiger partial charge in [-0.05, 0) is 47.9 Å². The summed E-state index contributed by atoms with van der Waals surface area (Å²) < 4.78 is 0. The van der Waals surface area contributed by atoms with Gasteiger partial charge in [-0.1, -0.05) is 18.2 Å². The third-order valence-corrected chi connectivity index (χ3v) is 4.64. The molecule has 1 fully saturated rings. The second kappa shape index (κ2) is 5.77. The third kappa shape index (κ3) is 3.08. The van der Waals surface area contributed by atoms with Crippen molar-refractivity contribution in [2.75, 3.05) is 0 Å². The molecule has 3 N–H and O–H groups in total. The zero-order valence-corrected chi connectivity index (χ0v) is 12.0. The van der Waals surface area contributed by atoms with Crippen LogP contribution in [0.2, 0.25) is 0 Å². The van der Waals surface area contributed by atoms with E-state index in [2.05, 4.69) is 22.8 Å². The van der Waals surface area contributed by atoms with Gasteiger partial charge in [-0.25, -0.2) is 0 Å². The van der Waals surface area contributed by atoms with E-state index in [1.165, 1.54) is 17.7 Å². The highest BCUT2D eigenvalue weighted by molar-refractivity contribution is 7.10. The molecule has 4 heteroatoms. The summed E-state index contributed by atoms with van der Waals surface area (Å²) in [5, 5.41) is 5.75. The molecule has 0 radical (unpaired) electrons. The van der Waals surface area contributed by atoms with Gasteiger partial charge in [-0.2, -0.15) is 0 Å². The van der Waals surface area contributed by atoms with Crippen LogP contribution in [0.5, 0.6) is 0 Å². The van der Waals surface area contributed by atoms with Gasteiger partial charge in [0.15, 0.2) is 0 Å². The predicted molar refractivity (Wildman–Crippen MR) is 81.6 cm³/mol. The minimum absolute atomic E-state index is 0.371. The van der Waals surface area contributed by atoms with E-state index in [1.807, 2.05) is 18.2 Å². The van der Waals surface area contributed by atoms with Crippen LogP contribution in [0.4, 0.5) is 0 Å². The van der Waals surface area contributed by atoms with E-state index in [9.17, 15) is 4.79 Å². The summed E-state index contributed by atoms with van der Waals surface area (Å²) in [7, 11) is 0. The highest BCUT2D eigenvalue weighted by atomic mass is 32.1. The molecule has 0 saturated heterocycles. The maximum atomic E-state index is 11.2. The third-order valence-electron chi connectivity index (χ3n) is 3.68. The minimum Gasteiger partial charge on any atom is -0.366 e. The Kier molecular flexibility index (Phi) is 3.85. The van der Waals surface area contributed by atoms with Gasteiger partial charge in [-0.15, -0.1) is 11.3 Å². The molecule has 1 heterocycles. The average Bonchev–Trinajstić information content (AvgIpc) is 3.14. The Labute approximate surface area is 122 Å². The van der Waals surface area contributed by atoms with Crippen LogP contribution in [0.1, 0.15) is 39.7 Å². The van der Waals surface area contributed by atoms with Crippen molar-refractivity contribution in [3.05, 3.63) is 57.8 Å². The largest absolute Gasteiger partial charge is 0.366 e. The van der Waals surface area contributed by atoms with Crippen LogP contribution in [0.3, 0.4) is 0 Å². The molecule has 1 aromatic heterocycles. The van der Waals surface area contributed by atoms with Gasteiger partial charge in [0.25, 0.3) is 0 Å². The minimum atomic E-state index is -0.371. The number of carbonyl (C=O) groups excluding carboxylic acids is 1. The van der Waals surface area contributed by atoms with Crippen molar-refractivity contribution in [3.8, 4) is 0 Å².